The van der Waals surface area contributed by atoms with Crippen molar-refractivity contribution < 1.29 is 4.74 Å². The van der Waals surface area contributed by atoms with Crippen LogP contribution in [0.1, 0.15) is 24.5 Å². The molecule has 0 bridgehead atoms. The fraction of sp³-hybridized carbons (Fsp3) is 0.333. The van der Waals surface area contributed by atoms with Gasteiger partial charge >= 0.3 is 0 Å². The highest BCUT2D eigenvalue weighted by Gasteiger charge is 2.24. The molecule has 0 spiro atoms. The first-order valence-corrected chi connectivity index (χ1v) is 7.40. The van der Waals surface area contributed by atoms with Gasteiger partial charge in [0.2, 0.25) is 0 Å². The van der Waals surface area contributed by atoms with Crippen molar-refractivity contribution in [3.8, 4) is 11.1 Å². The molecule has 2 heteroatoms. The van der Waals surface area contributed by atoms with Gasteiger partial charge in [0.1, 0.15) is 0 Å². The van der Waals surface area contributed by atoms with Crippen LogP contribution in [-0.4, -0.2) is 18.8 Å². The number of hydrogen-bond acceptors (Lipinski definition) is 2. The summed E-state index contributed by atoms with van der Waals surface area (Å²) in [5, 5.41) is 3.62. The van der Waals surface area contributed by atoms with Gasteiger partial charge in [-0.3, -0.25) is 0 Å². The summed E-state index contributed by atoms with van der Waals surface area (Å²) in [6.07, 6.45) is 2.46. The van der Waals surface area contributed by atoms with E-state index in [2.05, 4.69) is 54.7 Å². The molecule has 2 unspecified atom stereocenters. The largest absolute Gasteiger partial charge is 0.380 e. The lowest BCUT2D eigenvalue weighted by Crippen LogP contribution is -2.26. The van der Waals surface area contributed by atoms with E-state index in [0.717, 1.165) is 19.4 Å². The number of hydrogen-bond donors (Lipinski definition) is 1. The third-order valence-corrected chi connectivity index (χ3v) is 4.52. The highest BCUT2D eigenvalue weighted by molar-refractivity contribution is 5.78. The minimum atomic E-state index is 0.306. The van der Waals surface area contributed by atoms with Crippen molar-refractivity contribution in [1.82, 2.24) is 0 Å². The summed E-state index contributed by atoms with van der Waals surface area (Å²) in [6.45, 7) is 3.02. The molecule has 4 rings (SSSR count). The van der Waals surface area contributed by atoms with Crippen molar-refractivity contribution in [2.24, 2.45) is 0 Å². The first kappa shape index (κ1) is 12.0. The molecule has 0 amide bonds. The van der Waals surface area contributed by atoms with E-state index in [-0.39, 0.29) is 0 Å². The number of ether oxygens (including phenoxy) is 1. The highest BCUT2D eigenvalue weighted by Crippen LogP contribution is 2.37. The Hall–Kier alpha value is -1.80. The zero-order valence-electron chi connectivity index (χ0n) is 11.7. The maximum atomic E-state index is 5.62. The Morgan fingerprint density at radius 1 is 1.05 bits per heavy atom. The Morgan fingerprint density at radius 3 is 2.75 bits per heavy atom. The quantitative estimate of drug-likeness (QED) is 0.760. The first-order chi connectivity index (χ1) is 9.81. The molecular formula is C18H19NO. The van der Waals surface area contributed by atoms with Crippen LogP contribution >= 0.6 is 0 Å². The zero-order valence-corrected chi connectivity index (χ0v) is 11.7. The van der Waals surface area contributed by atoms with E-state index in [1.54, 1.807) is 0 Å². The highest BCUT2D eigenvalue weighted by atomic mass is 16.5. The fourth-order valence-electron chi connectivity index (χ4n) is 3.37. The fourth-order valence-corrected chi connectivity index (χ4v) is 3.37. The molecule has 102 valence electrons. The van der Waals surface area contributed by atoms with Crippen molar-refractivity contribution in [1.29, 1.82) is 0 Å². The third-order valence-electron chi connectivity index (χ3n) is 4.52. The second-order valence-electron chi connectivity index (χ2n) is 5.82. The molecule has 20 heavy (non-hydrogen) atoms. The number of fused-ring (bicyclic) bond motifs is 3. The van der Waals surface area contributed by atoms with Gasteiger partial charge in [0.25, 0.3) is 0 Å². The van der Waals surface area contributed by atoms with E-state index in [9.17, 15) is 0 Å². The molecule has 2 aliphatic rings. The van der Waals surface area contributed by atoms with Gasteiger partial charge in [-0.1, -0.05) is 30.3 Å². The van der Waals surface area contributed by atoms with Crippen LogP contribution in [0.15, 0.2) is 42.5 Å². The maximum absolute atomic E-state index is 5.62. The molecular weight excluding hydrogens is 246 g/mol. The van der Waals surface area contributed by atoms with Gasteiger partial charge in [-0.15, -0.1) is 0 Å². The molecule has 2 atom stereocenters. The minimum Gasteiger partial charge on any atom is -0.380 e. The van der Waals surface area contributed by atoms with E-state index in [1.165, 1.54) is 27.9 Å². The van der Waals surface area contributed by atoms with Crippen LogP contribution in [0.2, 0.25) is 0 Å². The topological polar surface area (TPSA) is 21.3 Å². The van der Waals surface area contributed by atoms with E-state index < -0.39 is 0 Å². The van der Waals surface area contributed by atoms with E-state index >= 15 is 0 Å². The number of nitrogens with one attached hydrogen (secondary N) is 1. The molecule has 2 aromatic rings. The molecule has 1 aliphatic carbocycles. The molecule has 1 heterocycles. The summed E-state index contributed by atoms with van der Waals surface area (Å²) >= 11 is 0. The predicted molar refractivity (Wildman–Crippen MR) is 82.1 cm³/mol. The summed E-state index contributed by atoms with van der Waals surface area (Å²) in [4.78, 5) is 0. The Morgan fingerprint density at radius 2 is 1.90 bits per heavy atom. The summed E-state index contributed by atoms with van der Waals surface area (Å²) in [5.74, 6) is 0. The number of rotatable bonds is 2. The van der Waals surface area contributed by atoms with Crippen LogP contribution in [-0.2, 0) is 11.2 Å². The van der Waals surface area contributed by atoms with Crippen LogP contribution in [0.5, 0.6) is 0 Å². The molecule has 1 aliphatic heterocycles. The summed E-state index contributed by atoms with van der Waals surface area (Å²) < 4.78 is 5.62. The normalized spacial score (nSPS) is 23.4. The lowest BCUT2D eigenvalue weighted by atomic mass is 10.0. The second kappa shape index (κ2) is 4.64. The molecule has 1 N–H and O–H groups in total. The minimum absolute atomic E-state index is 0.306. The van der Waals surface area contributed by atoms with Crippen LogP contribution in [0, 0.1) is 0 Å². The summed E-state index contributed by atoms with van der Waals surface area (Å²) in [5.41, 5.74) is 6.88. The van der Waals surface area contributed by atoms with Crippen LogP contribution in [0.25, 0.3) is 11.1 Å². The molecule has 2 nitrogen and oxygen atoms in total. The van der Waals surface area contributed by atoms with Crippen LogP contribution in [0.4, 0.5) is 5.69 Å². The van der Waals surface area contributed by atoms with Gasteiger partial charge in [0.05, 0.1) is 12.1 Å². The molecule has 1 saturated heterocycles. The van der Waals surface area contributed by atoms with Gasteiger partial charge in [-0.05, 0) is 54.2 Å². The standard InChI is InChI=1S/C18H19NO/c1-12-18(8-9-20-12)19-15-6-7-17-14(11-15)10-13-4-2-3-5-16(13)17/h2-7,11-12,18-19H,8-10H2,1H3. The zero-order chi connectivity index (χ0) is 13.5. The summed E-state index contributed by atoms with van der Waals surface area (Å²) in [7, 11) is 0. The van der Waals surface area contributed by atoms with Crippen molar-refractivity contribution >= 4 is 5.69 Å². The predicted octanol–water partition coefficient (Wildman–Crippen LogP) is 3.85. The van der Waals surface area contributed by atoms with Gasteiger partial charge in [0, 0.05) is 12.3 Å². The monoisotopic (exact) mass is 265 g/mol. The van der Waals surface area contributed by atoms with Crippen LogP contribution in [0.3, 0.4) is 0 Å². The van der Waals surface area contributed by atoms with Crippen molar-refractivity contribution in [3.63, 3.8) is 0 Å². The maximum Gasteiger partial charge on any atom is 0.0748 e. The van der Waals surface area contributed by atoms with E-state index in [0.29, 0.717) is 12.1 Å². The van der Waals surface area contributed by atoms with E-state index in [1.807, 2.05) is 0 Å². The van der Waals surface area contributed by atoms with Crippen LogP contribution < -0.4 is 5.32 Å². The Kier molecular flexibility index (Phi) is 2.78. The SMILES string of the molecule is CC1OCCC1Nc1ccc2c(c1)Cc1ccccc1-2. The molecule has 0 saturated carbocycles. The van der Waals surface area contributed by atoms with Gasteiger partial charge < -0.3 is 10.1 Å². The second-order valence-corrected chi connectivity index (χ2v) is 5.82. The van der Waals surface area contributed by atoms with E-state index in [4.69, 9.17) is 4.74 Å². The Bertz CT molecular complexity index is 650. The Labute approximate surface area is 119 Å². The lowest BCUT2D eigenvalue weighted by molar-refractivity contribution is 0.121. The molecule has 0 aromatic heterocycles. The van der Waals surface area contributed by atoms with Gasteiger partial charge in [0.15, 0.2) is 0 Å². The Balaban J connectivity index is 1.62. The molecule has 0 radical (unpaired) electrons. The lowest BCUT2D eigenvalue weighted by Gasteiger charge is -2.18. The first-order valence-electron chi connectivity index (χ1n) is 7.40. The third kappa shape index (κ3) is 1.92. The van der Waals surface area contributed by atoms with Gasteiger partial charge in [-0.2, -0.15) is 0 Å². The molecule has 2 aromatic carbocycles. The number of benzene rings is 2. The summed E-state index contributed by atoms with van der Waals surface area (Å²) in [6, 6.07) is 15.9. The number of anilines is 1. The molecule has 1 fully saturated rings. The smallest absolute Gasteiger partial charge is 0.0748 e. The van der Waals surface area contributed by atoms with Gasteiger partial charge in [-0.25, -0.2) is 0 Å². The van der Waals surface area contributed by atoms with Crippen molar-refractivity contribution in [2.45, 2.75) is 31.9 Å². The average Bonchev–Trinajstić information content (AvgIpc) is 3.02. The average molecular weight is 265 g/mol. The van der Waals surface area contributed by atoms with Crippen molar-refractivity contribution in [3.05, 3.63) is 53.6 Å². The van der Waals surface area contributed by atoms with Crippen molar-refractivity contribution in [2.75, 3.05) is 11.9 Å².